The Hall–Kier alpha value is -2.56. The highest BCUT2D eigenvalue weighted by Gasteiger charge is 2.07. The van der Waals surface area contributed by atoms with Gasteiger partial charge >= 0.3 is 0 Å². The molecule has 2 aromatic rings. The summed E-state index contributed by atoms with van der Waals surface area (Å²) in [6, 6.07) is 11.7. The summed E-state index contributed by atoms with van der Waals surface area (Å²) in [6.07, 6.45) is 0. The molecule has 0 saturated carbocycles. The lowest BCUT2D eigenvalue weighted by Gasteiger charge is -2.09. The van der Waals surface area contributed by atoms with Crippen molar-refractivity contribution in [2.24, 2.45) is 0 Å². The van der Waals surface area contributed by atoms with Crippen molar-refractivity contribution >= 4 is 5.91 Å². The molecule has 0 spiro atoms. The maximum atomic E-state index is 13.4. The van der Waals surface area contributed by atoms with Crippen LogP contribution in [0.2, 0.25) is 0 Å². The Kier molecular flexibility index (Phi) is 5.97. The van der Waals surface area contributed by atoms with Crippen molar-refractivity contribution in [3.8, 4) is 11.5 Å². The predicted molar refractivity (Wildman–Crippen MR) is 86.6 cm³/mol. The number of hydrogen-bond acceptors (Lipinski definition) is 3. The highest BCUT2D eigenvalue weighted by atomic mass is 19.1. The standard InChI is InChI=1S/C18H20FNO3/c1-3-22-15-6-8-16(9-7-15)23-11-10-20-18(21)14-5-4-13(2)17(19)12-14/h4-9,12H,3,10-11H2,1-2H3,(H,20,21). The highest BCUT2D eigenvalue weighted by molar-refractivity contribution is 5.94. The molecule has 4 nitrogen and oxygen atoms in total. The van der Waals surface area contributed by atoms with Crippen LogP contribution in [-0.4, -0.2) is 25.7 Å². The van der Waals surface area contributed by atoms with Crippen LogP contribution < -0.4 is 14.8 Å². The van der Waals surface area contributed by atoms with E-state index in [1.54, 1.807) is 19.1 Å². The fraction of sp³-hybridized carbons (Fsp3) is 0.278. The van der Waals surface area contributed by atoms with Gasteiger partial charge in [0.1, 0.15) is 23.9 Å². The zero-order valence-electron chi connectivity index (χ0n) is 13.3. The number of amides is 1. The quantitative estimate of drug-likeness (QED) is 0.797. The number of halogens is 1. The minimum absolute atomic E-state index is 0.300. The van der Waals surface area contributed by atoms with Gasteiger partial charge in [0.15, 0.2) is 0 Å². The molecular weight excluding hydrogens is 297 g/mol. The number of carbonyl (C=O) groups excluding carboxylic acids is 1. The first-order valence-corrected chi connectivity index (χ1v) is 7.50. The van der Waals surface area contributed by atoms with Crippen LogP contribution in [0.3, 0.4) is 0 Å². The predicted octanol–water partition coefficient (Wildman–Crippen LogP) is 3.34. The number of benzene rings is 2. The van der Waals surface area contributed by atoms with E-state index in [1.165, 1.54) is 6.07 Å². The molecule has 0 bridgehead atoms. The zero-order chi connectivity index (χ0) is 16.7. The molecule has 0 unspecified atom stereocenters. The van der Waals surface area contributed by atoms with Crippen LogP contribution in [0.5, 0.6) is 11.5 Å². The molecule has 1 amide bonds. The van der Waals surface area contributed by atoms with Gasteiger partial charge in [-0.3, -0.25) is 4.79 Å². The van der Waals surface area contributed by atoms with E-state index >= 15 is 0 Å². The summed E-state index contributed by atoms with van der Waals surface area (Å²) in [4.78, 5) is 11.9. The molecule has 0 heterocycles. The number of ether oxygens (including phenoxy) is 2. The normalized spacial score (nSPS) is 10.2. The summed E-state index contributed by atoms with van der Waals surface area (Å²) in [5.74, 6) is 0.779. The number of rotatable bonds is 7. The molecule has 23 heavy (non-hydrogen) atoms. The summed E-state index contributed by atoms with van der Waals surface area (Å²) < 4.78 is 24.3. The van der Waals surface area contributed by atoms with Gasteiger partial charge in [-0.15, -0.1) is 0 Å². The van der Waals surface area contributed by atoms with Gasteiger partial charge in [0, 0.05) is 5.56 Å². The smallest absolute Gasteiger partial charge is 0.251 e. The Balaban J connectivity index is 1.76. The van der Waals surface area contributed by atoms with Crippen molar-refractivity contribution in [2.75, 3.05) is 19.8 Å². The summed E-state index contributed by atoms with van der Waals surface area (Å²) in [6.45, 7) is 4.86. The van der Waals surface area contributed by atoms with Gasteiger partial charge < -0.3 is 14.8 Å². The van der Waals surface area contributed by atoms with E-state index < -0.39 is 0 Å². The summed E-state index contributed by atoms with van der Waals surface area (Å²) in [7, 11) is 0. The number of aryl methyl sites for hydroxylation is 1. The molecule has 0 aliphatic rings. The molecule has 0 aliphatic carbocycles. The average molecular weight is 317 g/mol. The zero-order valence-corrected chi connectivity index (χ0v) is 13.3. The van der Waals surface area contributed by atoms with Gasteiger partial charge in [0.2, 0.25) is 0 Å². The molecule has 0 radical (unpaired) electrons. The van der Waals surface area contributed by atoms with E-state index in [0.29, 0.717) is 36.6 Å². The van der Waals surface area contributed by atoms with Crippen LogP contribution in [0, 0.1) is 12.7 Å². The highest BCUT2D eigenvalue weighted by Crippen LogP contribution is 2.17. The van der Waals surface area contributed by atoms with Crippen molar-refractivity contribution in [1.82, 2.24) is 5.32 Å². The Morgan fingerprint density at radius 3 is 2.35 bits per heavy atom. The summed E-state index contributed by atoms with van der Waals surface area (Å²) >= 11 is 0. The van der Waals surface area contributed by atoms with Crippen molar-refractivity contribution in [3.63, 3.8) is 0 Å². The van der Waals surface area contributed by atoms with Gasteiger partial charge in [-0.2, -0.15) is 0 Å². The minimum atomic E-state index is -0.386. The Bertz CT molecular complexity index is 656. The Morgan fingerprint density at radius 1 is 1.09 bits per heavy atom. The van der Waals surface area contributed by atoms with E-state index in [9.17, 15) is 9.18 Å². The topological polar surface area (TPSA) is 47.6 Å². The molecule has 2 aromatic carbocycles. The van der Waals surface area contributed by atoms with Crippen LogP contribution in [0.15, 0.2) is 42.5 Å². The van der Waals surface area contributed by atoms with Gasteiger partial charge in [0.25, 0.3) is 5.91 Å². The van der Waals surface area contributed by atoms with E-state index in [-0.39, 0.29) is 11.7 Å². The monoisotopic (exact) mass is 317 g/mol. The fourth-order valence-corrected chi connectivity index (χ4v) is 1.97. The van der Waals surface area contributed by atoms with Crippen molar-refractivity contribution in [2.45, 2.75) is 13.8 Å². The van der Waals surface area contributed by atoms with Crippen LogP contribution in [0.4, 0.5) is 4.39 Å². The van der Waals surface area contributed by atoms with E-state index in [4.69, 9.17) is 9.47 Å². The average Bonchev–Trinajstić information content (AvgIpc) is 2.55. The van der Waals surface area contributed by atoms with E-state index in [1.807, 2.05) is 31.2 Å². The molecule has 0 saturated heterocycles. The Morgan fingerprint density at radius 2 is 1.74 bits per heavy atom. The third kappa shape index (κ3) is 4.98. The first-order chi connectivity index (χ1) is 11.1. The molecule has 0 aliphatic heterocycles. The summed E-state index contributed by atoms with van der Waals surface area (Å²) in [5.41, 5.74) is 0.814. The maximum Gasteiger partial charge on any atom is 0.251 e. The second kappa shape index (κ2) is 8.17. The largest absolute Gasteiger partial charge is 0.494 e. The second-order valence-corrected chi connectivity index (χ2v) is 4.97. The molecule has 5 heteroatoms. The first-order valence-electron chi connectivity index (χ1n) is 7.50. The molecule has 0 fully saturated rings. The maximum absolute atomic E-state index is 13.4. The van der Waals surface area contributed by atoms with Crippen LogP contribution >= 0.6 is 0 Å². The fourth-order valence-electron chi connectivity index (χ4n) is 1.97. The van der Waals surface area contributed by atoms with E-state index in [2.05, 4.69) is 5.32 Å². The van der Waals surface area contributed by atoms with Crippen LogP contribution in [0.1, 0.15) is 22.8 Å². The van der Waals surface area contributed by atoms with Crippen molar-refractivity contribution in [1.29, 1.82) is 0 Å². The lowest BCUT2D eigenvalue weighted by molar-refractivity contribution is 0.0946. The molecule has 2 rings (SSSR count). The minimum Gasteiger partial charge on any atom is -0.494 e. The van der Waals surface area contributed by atoms with Gasteiger partial charge in [0.05, 0.1) is 13.2 Å². The van der Waals surface area contributed by atoms with Gasteiger partial charge in [-0.1, -0.05) is 6.07 Å². The number of hydrogen-bond donors (Lipinski definition) is 1. The van der Waals surface area contributed by atoms with Gasteiger partial charge in [-0.05, 0) is 55.8 Å². The summed E-state index contributed by atoms with van der Waals surface area (Å²) in [5, 5.41) is 2.69. The lowest BCUT2D eigenvalue weighted by atomic mass is 10.1. The first kappa shape index (κ1) is 16.8. The Labute approximate surface area is 135 Å². The molecule has 0 aromatic heterocycles. The third-order valence-electron chi connectivity index (χ3n) is 3.23. The molecule has 1 N–H and O–H groups in total. The van der Waals surface area contributed by atoms with E-state index in [0.717, 1.165) is 5.75 Å². The molecule has 122 valence electrons. The second-order valence-electron chi connectivity index (χ2n) is 4.97. The van der Waals surface area contributed by atoms with Gasteiger partial charge in [-0.25, -0.2) is 4.39 Å². The van der Waals surface area contributed by atoms with Crippen molar-refractivity contribution in [3.05, 3.63) is 59.4 Å². The SMILES string of the molecule is CCOc1ccc(OCCNC(=O)c2ccc(C)c(F)c2)cc1. The van der Waals surface area contributed by atoms with Crippen LogP contribution in [0.25, 0.3) is 0 Å². The lowest BCUT2D eigenvalue weighted by Crippen LogP contribution is -2.28. The number of carbonyl (C=O) groups is 1. The number of nitrogens with one attached hydrogen (secondary N) is 1. The molecular formula is C18H20FNO3. The molecule has 0 atom stereocenters. The third-order valence-corrected chi connectivity index (χ3v) is 3.23. The van der Waals surface area contributed by atoms with Crippen LogP contribution in [-0.2, 0) is 0 Å². The van der Waals surface area contributed by atoms with Crippen molar-refractivity contribution < 1.29 is 18.7 Å².